The summed E-state index contributed by atoms with van der Waals surface area (Å²) in [7, 11) is 1.60. The number of hydrogen-bond donors (Lipinski definition) is 4. The molecule has 7 atom stereocenters. The molecule has 2 saturated heterocycles. The monoisotopic (exact) mass is 703 g/mol. The van der Waals surface area contributed by atoms with Crippen LogP contribution in [0.3, 0.4) is 0 Å². The second kappa shape index (κ2) is 17.5. The van der Waals surface area contributed by atoms with Gasteiger partial charge in [-0.05, 0) is 40.8 Å². The predicted molar refractivity (Wildman–Crippen MR) is 188 cm³/mol. The zero-order chi connectivity index (χ0) is 35.7. The highest BCUT2D eigenvalue weighted by molar-refractivity contribution is 5.86. The molecule has 1 aliphatic carbocycles. The Hall–Kier alpha value is -4.04. The van der Waals surface area contributed by atoms with Crippen LogP contribution in [0.25, 0.3) is 0 Å². The lowest BCUT2D eigenvalue weighted by atomic mass is 9.84. The maximum atomic E-state index is 14.3. The molecule has 2 heterocycles. The molecule has 2 aliphatic heterocycles. The molecule has 4 N–H and O–H groups in total. The first-order valence-corrected chi connectivity index (χ1v) is 17.8. The molecule has 0 unspecified atom stereocenters. The number of morpholine rings is 1. The highest BCUT2D eigenvalue weighted by Gasteiger charge is 2.40. The highest BCUT2D eigenvalue weighted by atomic mass is 16.6. The molecule has 0 aromatic heterocycles. The summed E-state index contributed by atoms with van der Waals surface area (Å²) >= 11 is 0. The number of rotatable bonds is 14. The average molecular weight is 704 g/mol. The topological polar surface area (TPSA) is 150 Å². The van der Waals surface area contributed by atoms with E-state index < -0.39 is 54.4 Å². The Morgan fingerprint density at radius 1 is 0.941 bits per heavy atom. The summed E-state index contributed by atoms with van der Waals surface area (Å²) in [6.07, 6.45) is -3.96. The van der Waals surface area contributed by atoms with Crippen LogP contribution in [-0.2, 0) is 31.8 Å². The predicted octanol–water partition coefficient (Wildman–Crippen LogP) is 2.45. The molecule has 0 saturated carbocycles. The molecule has 3 aromatic rings. The maximum Gasteiger partial charge on any atom is 0.408 e. The van der Waals surface area contributed by atoms with Crippen LogP contribution >= 0.6 is 0 Å². The van der Waals surface area contributed by atoms with Gasteiger partial charge in [0, 0.05) is 45.4 Å². The molecule has 0 bridgehead atoms. The minimum Gasteiger partial charge on any atom is -0.492 e. The van der Waals surface area contributed by atoms with Crippen molar-refractivity contribution in [2.45, 2.75) is 61.7 Å². The third-order valence-corrected chi connectivity index (χ3v) is 10.1. The van der Waals surface area contributed by atoms with Crippen molar-refractivity contribution in [1.29, 1.82) is 0 Å². The Balaban J connectivity index is 1.20. The van der Waals surface area contributed by atoms with E-state index in [-0.39, 0.29) is 19.6 Å². The lowest BCUT2D eigenvalue weighted by Gasteiger charge is -2.33. The summed E-state index contributed by atoms with van der Waals surface area (Å²) in [5.41, 5.74) is 3.63. The number of ether oxygens (including phenoxy) is 4. The fourth-order valence-electron chi connectivity index (χ4n) is 7.25. The van der Waals surface area contributed by atoms with Gasteiger partial charge in [0.15, 0.2) is 6.10 Å². The maximum absolute atomic E-state index is 14.3. The smallest absolute Gasteiger partial charge is 0.408 e. The quantitative estimate of drug-likeness (QED) is 0.197. The molecule has 0 spiro atoms. The van der Waals surface area contributed by atoms with Crippen molar-refractivity contribution in [3.8, 4) is 5.75 Å². The minimum absolute atomic E-state index is 0.0346. The first-order valence-electron chi connectivity index (χ1n) is 17.8. The number of benzene rings is 3. The SMILES string of the molecule is CN(C(=O)[C@@H](C[C@H](O)[C@@H](Cc1ccccc1)c1ccc(OCCN2CCOCC2)cc1)NC(=O)O[C@@H]1COC[C@@H]1O)[C@H]1c2ccccc2C[C@H]1O. The Morgan fingerprint density at radius 2 is 1.67 bits per heavy atom. The van der Waals surface area contributed by atoms with Gasteiger partial charge >= 0.3 is 6.09 Å². The molecule has 3 aliphatic rings. The molecule has 51 heavy (non-hydrogen) atoms. The molecule has 3 aromatic carbocycles. The van der Waals surface area contributed by atoms with Gasteiger partial charge in [-0.2, -0.15) is 0 Å². The number of nitrogens with one attached hydrogen (secondary N) is 1. The first-order chi connectivity index (χ1) is 24.8. The number of alkyl carbamates (subject to hydrolysis) is 1. The van der Waals surface area contributed by atoms with Crippen LogP contribution in [0.5, 0.6) is 5.75 Å². The molecular weight excluding hydrogens is 654 g/mol. The second-order valence-electron chi connectivity index (χ2n) is 13.6. The lowest BCUT2D eigenvalue weighted by molar-refractivity contribution is -0.137. The van der Waals surface area contributed by atoms with E-state index in [4.69, 9.17) is 18.9 Å². The summed E-state index contributed by atoms with van der Waals surface area (Å²) in [6.45, 7) is 4.65. The van der Waals surface area contributed by atoms with E-state index >= 15 is 0 Å². The third kappa shape index (κ3) is 9.45. The van der Waals surface area contributed by atoms with E-state index in [9.17, 15) is 24.9 Å². The molecule has 12 nitrogen and oxygen atoms in total. The van der Waals surface area contributed by atoms with Crippen molar-refractivity contribution in [3.05, 3.63) is 101 Å². The molecular formula is C39H49N3O9. The molecule has 6 rings (SSSR count). The van der Waals surface area contributed by atoms with Crippen molar-refractivity contribution in [3.63, 3.8) is 0 Å². The number of fused-ring (bicyclic) bond motifs is 1. The zero-order valence-corrected chi connectivity index (χ0v) is 29.0. The highest BCUT2D eigenvalue weighted by Crippen LogP contribution is 2.36. The Labute approximate surface area is 298 Å². The van der Waals surface area contributed by atoms with Gasteiger partial charge in [0.1, 0.15) is 24.5 Å². The van der Waals surface area contributed by atoms with Crippen LogP contribution in [0.2, 0.25) is 0 Å². The first kappa shape index (κ1) is 36.7. The zero-order valence-electron chi connectivity index (χ0n) is 29.0. The number of carbonyl (C=O) groups is 2. The number of hydrogen-bond acceptors (Lipinski definition) is 10. The molecule has 0 radical (unpaired) electrons. The van der Waals surface area contributed by atoms with E-state index in [0.717, 1.165) is 55.1 Å². The van der Waals surface area contributed by atoms with Crippen LogP contribution in [-0.4, -0.2) is 127 Å². The minimum atomic E-state index is -1.21. The fourth-order valence-corrected chi connectivity index (χ4v) is 7.25. The van der Waals surface area contributed by atoms with Gasteiger partial charge in [-0.25, -0.2) is 4.79 Å². The summed E-state index contributed by atoms with van der Waals surface area (Å²) in [5.74, 6) is -0.221. The Morgan fingerprint density at radius 3 is 2.39 bits per heavy atom. The number of aliphatic hydroxyl groups is 3. The van der Waals surface area contributed by atoms with E-state index in [0.29, 0.717) is 25.2 Å². The second-order valence-corrected chi connectivity index (χ2v) is 13.6. The molecule has 2 fully saturated rings. The van der Waals surface area contributed by atoms with Gasteiger partial charge < -0.3 is 44.5 Å². The largest absolute Gasteiger partial charge is 0.492 e. The summed E-state index contributed by atoms with van der Waals surface area (Å²) in [6, 6.07) is 23.2. The standard InChI is InChI=1S/C39H49N3O9/c1-41(37-30-10-6-5-9-28(30)22-34(37)44)38(46)32(40-39(47)51-36-25-49-24-35(36)45)23-33(43)31(21-26-7-3-2-4-8-26)27-11-13-29(14-12-27)50-20-17-42-15-18-48-19-16-42/h2-14,31-37,43-45H,15-25H2,1H3,(H,40,47)/t31-,32+,33-,34+,35-,36+,37-/m0/s1. The number of aliphatic hydroxyl groups excluding tert-OH is 3. The van der Waals surface area contributed by atoms with Crippen molar-refractivity contribution < 1.29 is 43.9 Å². The van der Waals surface area contributed by atoms with E-state index in [1.807, 2.05) is 78.9 Å². The normalized spacial score (nSPS) is 23.5. The summed E-state index contributed by atoms with van der Waals surface area (Å²) in [4.78, 5) is 31.2. The molecule has 12 heteroatoms. The van der Waals surface area contributed by atoms with Gasteiger partial charge in [0.25, 0.3) is 0 Å². The molecule has 274 valence electrons. The van der Waals surface area contributed by atoms with Gasteiger partial charge in [-0.1, -0.05) is 66.7 Å². The van der Waals surface area contributed by atoms with Gasteiger partial charge in [0.05, 0.1) is 44.7 Å². The van der Waals surface area contributed by atoms with Crippen LogP contribution in [0, 0.1) is 0 Å². The van der Waals surface area contributed by atoms with Crippen molar-refractivity contribution in [2.24, 2.45) is 0 Å². The van der Waals surface area contributed by atoms with Crippen LogP contribution in [0.1, 0.15) is 40.6 Å². The summed E-state index contributed by atoms with van der Waals surface area (Å²) in [5, 5.41) is 35.8. The number of likely N-dealkylation sites (N-methyl/N-ethyl adjacent to an activating group) is 1. The van der Waals surface area contributed by atoms with Crippen molar-refractivity contribution in [2.75, 3.05) is 59.7 Å². The van der Waals surface area contributed by atoms with Gasteiger partial charge in [-0.15, -0.1) is 0 Å². The van der Waals surface area contributed by atoms with Crippen LogP contribution in [0.15, 0.2) is 78.9 Å². The third-order valence-electron chi connectivity index (χ3n) is 10.1. The van der Waals surface area contributed by atoms with E-state index in [1.165, 1.54) is 4.90 Å². The Kier molecular flexibility index (Phi) is 12.6. The number of nitrogens with zero attached hydrogens (tertiary/aromatic N) is 2. The fraction of sp³-hybridized carbons (Fsp3) is 0.487. The van der Waals surface area contributed by atoms with Crippen molar-refractivity contribution >= 4 is 12.0 Å². The molecule has 2 amide bonds. The van der Waals surface area contributed by atoms with E-state index in [1.54, 1.807) is 7.05 Å². The number of amides is 2. The number of carbonyl (C=O) groups excluding carboxylic acids is 2. The van der Waals surface area contributed by atoms with Crippen LogP contribution < -0.4 is 10.1 Å². The van der Waals surface area contributed by atoms with Gasteiger partial charge in [0.2, 0.25) is 5.91 Å². The Bertz CT molecular complexity index is 1570. The van der Waals surface area contributed by atoms with Crippen molar-refractivity contribution in [1.82, 2.24) is 15.1 Å². The lowest BCUT2D eigenvalue weighted by Crippen LogP contribution is -2.52. The summed E-state index contributed by atoms with van der Waals surface area (Å²) < 4.78 is 22.1. The average Bonchev–Trinajstić information content (AvgIpc) is 3.71. The van der Waals surface area contributed by atoms with Crippen LogP contribution in [0.4, 0.5) is 4.79 Å². The van der Waals surface area contributed by atoms with Gasteiger partial charge in [-0.3, -0.25) is 9.69 Å². The van der Waals surface area contributed by atoms with E-state index in [2.05, 4.69) is 10.2 Å².